The summed E-state index contributed by atoms with van der Waals surface area (Å²) in [6.45, 7) is 2.16. The van der Waals surface area contributed by atoms with Crippen molar-refractivity contribution in [2.45, 2.75) is 64.1 Å². The summed E-state index contributed by atoms with van der Waals surface area (Å²) in [7, 11) is 0. The molecular formula is C24H28ClFN2O2. The van der Waals surface area contributed by atoms with Crippen molar-refractivity contribution in [2.24, 2.45) is 0 Å². The summed E-state index contributed by atoms with van der Waals surface area (Å²) in [6, 6.07) is 12.8. The summed E-state index contributed by atoms with van der Waals surface area (Å²) in [5.41, 5.74) is 1.62. The number of hydrogen-bond acceptors (Lipinski definition) is 2. The van der Waals surface area contributed by atoms with E-state index in [2.05, 4.69) is 5.32 Å². The van der Waals surface area contributed by atoms with Crippen LogP contribution in [-0.4, -0.2) is 28.8 Å². The van der Waals surface area contributed by atoms with Crippen LogP contribution < -0.4 is 5.32 Å². The molecule has 1 N–H and O–H groups in total. The molecule has 0 spiro atoms. The Bertz CT molecular complexity index is 849. The molecule has 0 aromatic heterocycles. The van der Waals surface area contributed by atoms with E-state index in [0.717, 1.165) is 36.8 Å². The minimum absolute atomic E-state index is 0.115. The maximum atomic E-state index is 13.3. The van der Waals surface area contributed by atoms with Crippen molar-refractivity contribution in [1.29, 1.82) is 0 Å². The van der Waals surface area contributed by atoms with Crippen molar-refractivity contribution in [3.63, 3.8) is 0 Å². The molecule has 0 heterocycles. The number of nitrogens with zero attached hydrogens (tertiary/aromatic N) is 1. The lowest BCUT2D eigenvalue weighted by molar-refractivity contribution is -0.141. The zero-order valence-electron chi connectivity index (χ0n) is 17.2. The summed E-state index contributed by atoms with van der Waals surface area (Å²) in [5.74, 6) is -0.588. The molecule has 0 radical (unpaired) electrons. The lowest BCUT2D eigenvalue weighted by Crippen LogP contribution is -2.51. The number of hydrogen-bond donors (Lipinski definition) is 1. The predicted molar refractivity (Wildman–Crippen MR) is 117 cm³/mol. The Morgan fingerprint density at radius 1 is 1.07 bits per heavy atom. The number of amides is 2. The topological polar surface area (TPSA) is 49.4 Å². The molecule has 0 bridgehead atoms. The van der Waals surface area contributed by atoms with Gasteiger partial charge in [0.05, 0.1) is 6.42 Å². The van der Waals surface area contributed by atoms with Crippen molar-refractivity contribution in [2.75, 3.05) is 0 Å². The van der Waals surface area contributed by atoms with Crippen molar-refractivity contribution in [3.05, 3.63) is 70.5 Å². The third kappa shape index (κ3) is 6.05. The smallest absolute Gasteiger partial charge is 0.243 e. The Labute approximate surface area is 182 Å². The number of rotatable bonds is 8. The minimum Gasteiger partial charge on any atom is -0.352 e. The van der Waals surface area contributed by atoms with Gasteiger partial charge in [-0.2, -0.15) is 0 Å². The van der Waals surface area contributed by atoms with E-state index in [0.29, 0.717) is 11.4 Å². The maximum Gasteiger partial charge on any atom is 0.243 e. The highest BCUT2D eigenvalue weighted by molar-refractivity contribution is 6.30. The fraction of sp³-hybridized carbons (Fsp3) is 0.417. The first-order valence-corrected chi connectivity index (χ1v) is 10.9. The predicted octanol–water partition coefficient (Wildman–Crippen LogP) is 4.89. The summed E-state index contributed by atoms with van der Waals surface area (Å²) >= 11 is 5.95. The number of halogens is 2. The quantitative estimate of drug-likeness (QED) is 0.648. The van der Waals surface area contributed by atoms with Gasteiger partial charge in [0, 0.05) is 17.6 Å². The van der Waals surface area contributed by atoms with Gasteiger partial charge in [-0.25, -0.2) is 4.39 Å². The van der Waals surface area contributed by atoms with E-state index in [4.69, 9.17) is 11.6 Å². The fourth-order valence-corrected chi connectivity index (χ4v) is 4.08. The van der Waals surface area contributed by atoms with Gasteiger partial charge in [-0.05, 0) is 54.7 Å². The summed E-state index contributed by atoms with van der Waals surface area (Å²) in [5, 5.41) is 3.73. The lowest BCUT2D eigenvalue weighted by atomic mass is 10.1. The van der Waals surface area contributed by atoms with Gasteiger partial charge in [0.2, 0.25) is 11.8 Å². The van der Waals surface area contributed by atoms with Gasteiger partial charge in [-0.1, -0.05) is 55.6 Å². The van der Waals surface area contributed by atoms with Crippen molar-refractivity contribution < 1.29 is 14.0 Å². The van der Waals surface area contributed by atoms with Gasteiger partial charge < -0.3 is 10.2 Å². The van der Waals surface area contributed by atoms with Gasteiger partial charge >= 0.3 is 0 Å². The SMILES string of the molecule is CC[C@H](C(=O)NC1CCCC1)N(Cc1ccc(F)cc1)C(=O)Cc1ccc(Cl)cc1. The molecule has 3 rings (SSSR count). The minimum atomic E-state index is -0.574. The standard InChI is InChI=1S/C24H28ClFN2O2/c1-2-22(24(30)27-21-5-3-4-6-21)28(16-18-9-13-20(26)14-10-18)23(29)15-17-7-11-19(25)12-8-17/h7-14,21-22H,2-6,15-16H2,1H3,(H,27,30)/t22-/m1/s1. The average molecular weight is 431 g/mol. The van der Waals surface area contributed by atoms with E-state index in [-0.39, 0.29) is 36.6 Å². The molecule has 1 aliphatic carbocycles. The lowest BCUT2D eigenvalue weighted by Gasteiger charge is -2.31. The molecular weight excluding hydrogens is 403 g/mol. The van der Waals surface area contributed by atoms with Crippen LogP contribution in [0.1, 0.15) is 50.2 Å². The fourth-order valence-electron chi connectivity index (χ4n) is 3.95. The van der Waals surface area contributed by atoms with Crippen LogP contribution in [0.3, 0.4) is 0 Å². The van der Waals surface area contributed by atoms with Crippen LogP contribution in [0.4, 0.5) is 4.39 Å². The number of nitrogens with one attached hydrogen (secondary N) is 1. The van der Waals surface area contributed by atoms with Crippen molar-refractivity contribution in [1.82, 2.24) is 10.2 Å². The van der Waals surface area contributed by atoms with Gasteiger partial charge in [0.15, 0.2) is 0 Å². The van der Waals surface area contributed by atoms with E-state index in [1.165, 1.54) is 12.1 Å². The second-order valence-electron chi connectivity index (χ2n) is 7.87. The highest BCUT2D eigenvalue weighted by atomic mass is 35.5. The molecule has 1 saturated carbocycles. The van der Waals surface area contributed by atoms with Gasteiger partial charge in [-0.3, -0.25) is 9.59 Å². The van der Waals surface area contributed by atoms with Gasteiger partial charge in [-0.15, -0.1) is 0 Å². The number of carbonyl (C=O) groups is 2. The molecule has 160 valence electrons. The van der Waals surface area contributed by atoms with E-state index in [1.807, 2.05) is 19.1 Å². The van der Waals surface area contributed by atoms with E-state index < -0.39 is 6.04 Å². The Morgan fingerprint density at radius 2 is 1.67 bits per heavy atom. The highest BCUT2D eigenvalue weighted by Gasteiger charge is 2.30. The second kappa shape index (κ2) is 10.6. The number of benzene rings is 2. The van der Waals surface area contributed by atoms with Gasteiger partial charge in [0.25, 0.3) is 0 Å². The molecule has 0 unspecified atom stereocenters. The molecule has 2 aromatic carbocycles. The average Bonchev–Trinajstić information content (AvgIpc) is 3.24. The largest absolute Gasteiger partial charge is 0.352 e. The zero-order valence-corrected chi connectivity index (χ0v) is 18.0. The Morgan fingerprint density at radius 3 is 2.27 bits per heavy atom. The Balaban J connectivity index is 1.80. The van der Waals surface area contributed by atoms with Crippen LogP contribution in [0.2, 0.25) is 5.02 Å². The van der Waals surface area contributed by atoms with E-state index in [9.17, 15) is 14.0 Å². The first-order valence-electron chi connectivity index (χ1n) is 10.5. The molecule has 4 nitrogen and oxygen atoms in total. The highest BCUT2D eigenvalue weighted by Crippen LogP contribution is 2.20. The van der Waals surface area contributed by atoms with Crippen LogP contribution in [0.15, 0.2) is 48.5 Å². The molecule has 30 heavy (non-hydrogen) atoms. The number of carbonyl (C=O) groups excluding carboxylic acids is 2. The molecule has 1 atom stereocenters. The maximum absolute atomic E-state index is 13.3. The first kappa shape index (κ1) is 22.3. The van der Waals surface area contributed by atoms with Crippen molar-refractivity contribution >= 4 is 23.4 Å². The normalized spacial score (nSPS) is 15.0. The summed E-state index contributed by atoms with van der Waals surface area (Å²) < 4.78 is 13.3. The van der Waals surface area contributed by atoms with E-state index in [1.54, 1.807) is 29.2 Å². The van der Waals surface area contributed by atoms with Crippen molar-refractivity contribution in [3.8, 4) is 0 Å². The van der Waals surface area contributed by atoms with Crippen LogP contribution in [0, 0.1) is 5.82 Å². The van der Waals surface area contributed by atoms with Crippen LogP contribution in [0.5, 0.6) is 0 Å². The molecule has 6 heteroatoms. The summed E-state index contributed by atoms with van der Waals surface area (Å²) in [6.07, 6.45) is 4.89. The molecule has 2 aromatic rings. The molecule has 0 aliphatic heterocycles. The van der Waals surface area contributed by atoms with Crippen LogP contribution in [0.25, 0.3) is 0 Å². The second-order valence-corrected chi connectivity index (χ2v) is 8.30. The van der Waals surface area contributed by atoms with E-state index >= 15 is 0 Å². The van der Waals surface area contributed by atoms with Gasteiger partial charge in [0.1, 0.15) is 11.9 Å². The molecule has 1 fully saturated rings. The van der Waals surface area contributed by atoms with Crippen LogP contribution in [-0.2, 0) is 22.6 Å². The molecule has 2 amide bonds. The Kier molecular flexibility index (Phi) is 7.86. The zero-order chi connectivity index (χ0) is 21.5. The third-order valence-electron chi connectivity index (χ3n) is 5.62. The first-order chi connectivity index (χ1) is 14.5. The molecule has 0 saturated heterocycles. The monoisotopic (exact) mass is 430 g/mol. The Hall–Kier alpha value is -2.40. The third-order valence-corrected chi connectivity index (χ3v) is 5.87. The van der Waals surface area contributed by atoms with Crippen LogP contribution >= 0.6 is 11.6 Å². The summed E-state index contributed by atoms with van der Waals surface area (Å²) in [4.78, 5) is 27.9. The molecule has 1 aliphatic rings.